The number of fused-ring (bicyclic) bond motifs is 3. The fraction of sp³-hybridized carbons (Fsp3) is 0.143. The topological polar surface area (TPSA) is 135 Å². The number of methoxy groups -OCH3 is 1. The first-order chi connectivity index (χ1) is 15.9. The lowest BCUT2D eigenvalue weighted by Crippen LogP contribution is -1.99. The smallest absolute Gasteiger partial charge is 0.348 e. The Hall–Kier alpha value is -4.32. The number of nitrogens with zero attached hydrogens (tertiary/aromatic N) is 5. The second-order valence-electron chi connectivity index (χ2n) is 6.98. The fourth-order valence-corrected chi connectivity index (χ4v) is 4.38. The first kappa shape index (κ1) is 20.6. The molecule has 0 aliphatic carbocycles. The third kappa shape index (κ3) is 3.65. The molecular weight excluding hydrogens is 450 g/mol. The number of thiophene rings is 1. The molecule has 0 bridgehead atoms. The lowest BCUT2D eigenvalue weighted by Gasteiger charge is -2.03. The molecule has 5 rings (SSSR count). The molecule has 0 aliphatic rings. The molecule has 0 fully saturated rings. The van der Waals surface area contributed by atoms with Crippen LogP contribution < -0.4 is 4.74 Å². The third-order valence-electron chi connectivity index (χ3n) is 4.95. The molecular formula is C21H15N5O6S. The van der Waals surface area contributed by atoms with Crippen LogP contribution in [0.25, 0.3) is 27.4 Å². The molecule has 0 spiro atoms. The maximum Gasteiger partial charge on any atom is 0.348 e. The van der Waals surface area contributed by atoms with Crippen molar-refractivity contribution in [1.82, 2.24) is 19.6 Å². The number of aromatic nitrogens is 4. The van der Waals surface area contributed by atoms with Gasteiger partial charge in [0.1, 0.15) is 34.2 Å². The summed E-state index contributed by atoms with van der Waals surface area (Å²) in [4.78, 5) is 32.4. The Morgan fingerprint density at radius 1 is 1.24 bits per heavy atom. The van der Waals surface area contributed by atoms with Gasteiger partial charge in [-0.2, -0.15) is 0 Å². The molecule has 166 valence electrons. The van der Waals surface area contributed by atoms with Gasteiger partial charge in [-0.15, -0.1) is 16.4 Å². The van der Waals surface area contributed by atoms with Crippen LogP contribution in [0, 0.1) is 17.0 Å². The van der Waals surface area contributed by atoms with E-state index < -0.39 is 10.9 Å². The van der Waals surface area contributed by atoms with Crippen molar-refractivity contribution in [2.24, 2.45) is 0 Å². The summed E-state index contributed by atoms with van der Waals surface area (Å²) in [6.07, 6.45) is 1.53. The number of ether oxygens (including phenoxy) is 2. The second-order valence-corrected chi connectivity index (χ2v) is 7.98. The maximum atomic E-state index is 12.0. The van der Waals surface area contributed by atoms with Crippen LogP contribution in [-0.2, 0) is 11.3 Å². The molecule has 0 aliphatic heterocycles. The molecule has 0 radical (unpaired) electrons. The minimum Gasteiger partial charge on any atom is -0.486 e. The van der Waals surface area contributed by atoms with E-state index in [1.807, 2.05) is 6.92 Å². The summed E-state index contributed by atoms with van der Waals surface area (Å²) in [5.74, 6) is 1.39. The van der Waals surface area contributed by atoms with Crippen LogP contribution in [0.3, 0.4) is 0 Å². The fourth-order valence-electron chi connectivity index (χ4n) is 3.32. The van der Waals surface area contributed by atoms with E-state index in [-0.39, 0.29) is 12.3 Å². The Kier molecular flexibility index (Phi) is 4.98. The molecule has 0 saturated carbocycles. The summed E-state index contributed by atoms with van der Waals surface area (Å²) in [5.41, 5.74) is 1.28. The van der Waals surface area contributed by atoms with Gasteiger partial charge in [0.05, 0.1) is 17.4 Å². The van der Waals surface area contributed by atoms with Crippen LogP contribution in [-0.4, -0.2) is 37.6 Å². The van der Waals surface area contributed by atoms with Crippen LogP contribution in [0.15, 0.2) is 47.1 Å². The van der Waals surface area contributed by atoms with Crippen LogP contribution in [0.5, 0.6) is 5.75 Å². The number of nitro benzene ring substituents is 1. The summed E-state index contributed by atoms with van der Waals surface area (Å²) in [6.45, 7) is 1.95. The van der Waals surface area contributed by atoms with Crippen molar-refractivity contribution in [3.8, 4) is 17.3 Å². The zero-order valence-electron chi connectivity index (χ0n) is 17.3. The van der Waals surface area contributed by atoms with Gasteiger partial charge in [-0.1, -0.05) is 0 Å². The highest BCUT2D eigenvalue weighted by molar-refractivity contribution is 7.20. The number of carbonyl (C=O) groups is 1. The van der Waals surface area contributed by atoms with E-state index in [1.165, 1.54) is 53.6 Å². The first-order valence-electron chi connectivity index (χ1n) is 9.63. The van der Waals surface area contributed by atoms with E-state index in [4.69, 9.17) is 13.9 Å². The van der Waals surface area contributed by atoms with Crippen LogP contribution >= 0.6 is 11.3 Å². The first-order valence-corrected chi connectivity index (χ1v) is 10.5. The minimum atomic E-state index is -0.471. The standard InChI is InChI=1S/C21H15N5O6S/c1-11-16-19-23-18(24-25(19)10-22-20(16)33-17(11)21(27)30-2)15-8-7-14(32-15)9-31-13-5-3-12(4-6-13)26(28)29/h3-8,10H,9H2,1-2H3. The number of aryl methyl sites for hydroxylation is 1. The molecule has 0 N–H and O–H groups in total. The number of benzene rings is 1. The average Bonchev–Trinajstić information content (AvgIpc) is 3.54. The predicted molar refractivity (Wildman–Crippen MR) is 117 cm³/mol. The molecule has 5 aromatic rings. The zero-order chi connectivity index (χ0) is 23.1. The van der Waals surface area contributed by atoms with E-state index >= 15 is 0 Å². The molecule has 12 heteroatoms. The van der Waals surface area contributed by atoms with Crippen molar-refractivity contribution >= 4 is 38.9 Å². The number of non-ortho nitro benzene ring substituents is 1. The lowest BCUT2D eigenvalue weighted by atomic mass is 10.2. The molecule has 4 aromatic heterocycles. The highest BCUT2D eigenvalue weighted by Gasteiger charge is 2.21. The van der Waals surface area contributed by atoms with Crippen LogP contribution in [0.2, 0.25) is 0 Å². The van der Waals surface area contributed by atoms with Crippen LogP contribution in [0.1, 0.15) is 21.0 Å². The van der Waals surface area contributed by atoms with Gasteiger partial charge in [0.25, 0.3) is 5.69 Å². The second kappa shape index (κ2) is 7.98. The van der Waals surface area contributed by atoms with Gasteiger partial charge < -0.3 is 13.9 Å². The molecule has 11 nitrogen and oxygen atoms in total. The maximum absolute atomic E-state index is 12.0. The Morgan fingerprint density at radius 3 is 2.76 bits per heavy atom. The Morgan fingerprint density at radius 2 is 2.03 bits per heavy atom. The molecule has 0 unspecified atom stereocenters. The normalized spacial score (nSPS) is 11.2. The predicted octanol–water partition coefficient (Wildman–Crippen LogP) is 4.18. The Bertz CT molecular complexity index is 1520. The summed E-state index contributed by atoms with van der Waals surface area (Å²) in [5, 5.41) is 15.9. The van der Waals surface area contributed by atoms with Crippen molar-refractivity contribution < 1.29 is 23.6 Å². The average molecular weight is 465 g/mol. The van der Waals surface area contributed by atoms with E-state index in [0.717, 1.165) is 10.9 Å². The monoisotopic (exact) mass is 465 g/mol. The quantitative estimate of drug-likeness (QED) is 0.205. The largest absolute Gasteiger partial charge is 0.486 e. The summed E-state index contributed by atoms with van der Waals surface area (Å²) in [7, 11) is 1.34. The van der Waals surface area contributed by atoms with Gasteiger partial charge in [0.2, 0.25) is 5.82 Å². The molecule has 0 amide bonds. The molecule has 0 atom stereocenters. The van der Waals surface area contributed by atoms with E-state index in [0.29, 0.717) is 38.4 Å². The third-order valence-corrected chi connectivity index (χ3v) is 6.13. The summed E-state index contributed by atoms with van der Waals surface area (Å²) in [6, 6.07) is 9.26. The van der Waals surface area contributed by atoms with E-state index in [1.54, 1.807) is 12.1 Å². The van der Waals surface area contributed by atoms with Gasteiger partial charge in [0, 0.05) is 12.1 Å². The number of rotatable bonds is 6. The molecule has 4 heterocycles. The van der Waals surface area contributed by atoms with Gasteiger partial charge in [-0.3, -0.25) is 10.1 Å². The van der Waals surface area contributed by atoms with E-state index in [9.17, 15) is 14.9 Å². The Labute approximate surface area is 189 Å². The van der Waals surface area contributed by atoms with Crippen molar-refractivity contribution in [2.45, 2.75) is 13.5 Å². The van der Waals surface area contributed by atoms with Gasteiger partial charge in [-0.05, 0) is 36.8 Å². The van der Waals surface area contributed by atoms with Gasteiger partial charge in [-0.25, -0.2) is 19.3 Å². The number of nitro groups is 1. The van der Waals surface area contributed by atoms with Gasteiger partial charge >= 0.3 is 5.97 Å². The number of hydrogen-bond donors (Lipinski definition) is 0. The van der Waals surface area contributed by atoms with Gasteiger partial charge in [0.15, 0.2) is 11.4 Å². The highest BCUT2D eigenvalue weighted by Crippen LogP contribution is 2.33. The minimum absolute atomic E-state index is 0.0104. The summed E-state index contributed by atoms with van der Waals surface area (Å²) < 4.78 is 17.8. The lowest BCUT2D eigenvalue weighted by molar-refractivity contribution is -0.384. The molecule has 0 saturated heterocycles. The number of carbonyl (C=O) groups excluding carboxylic acids is 1. The summed E-state index contributed by atoms with van der Waals surface area (Å²) >= 11 is 1.24. The van der Waals surface area contributed by atoms with Crippen molar-refractivity contribution in [3.63, 3.8) is 0 Å². The van der Waals surface area contributed by atoms with Crippen LogP contribution in [0.4, 0.5) is 5.69 Å². The van der Waals surface area contributed by atoms with Crippen molar-refractivity contribution in [3.05, 3.63) is 69.0 Å². The Balaban J connectivity index is 1.40. The number of furan rings is 1. The van der Waals surface area contributed by atoms with Crippen molar-refractivity contribution in [1.29, 1.82) is 0 Å². The SMILES string of the molecule is COC(=O)c1sc2ncn3nc(-c4ccc(COc5ccc([N+](=O)[O-])cc5)o4)nc3c2c1C. The number of esters is 1. The van der Waals surface area contributed by atoms with E-state index in [2.05, 4.69) is 15.1 Å². The zero-order valence-corrected chi connectivity index (χ0v) is 18.2. The number of hydrogen-bond acceptors (Lipinski definition) is 10. The molecule has 33 heavy (non-hydrogen) atoms. The highest BCUT2D eigenvalue weighted by atomic mass is 32.1. The van der Waals surface area contributed by atoms with Crippen molar-refractivity contribution in [2.75, 3.05) is 7.11 Å². The molecule has 1 aromatic carbocycles.